The summed E-state index contributed by atoms with van der Waals surface area (Å²) in [7, 11) is -4.67. The maximum atomic E-state index is 9.24. The van der Waals surface area contributed by atoms with Crippen molar-refractivity contribution in [3.63, 3.8) is 0 Å². The van der Waals surface area contributed by atoms with Crippen LogP contribution in [0.3, 0.4) is 0 Å². The predicted octanol–water partition coefficient (Wildman–Crippen LogP) is -1.75. The van der Waals surface area contributed by atoms with Gasteiger partial charge in [0.15, 0.2) is 0 Å². The van der Waals surface area contributed by atoms with Gasteiger partial charge in [0.2, 0.25) is 0 Å². The lowest BCUT2D eigenvalue weighted by atomic mass is 10.7. The van der Waals surface area contributed by atoms with Crippen LogP contribution in [0.5, 0.6) is 0 Å². The van der Waals surface area contributed by atoms with Gasteiger partial charge in [-0.25, -0.2) is 4.79 Å². The molecule has 0 aliphatic heterocycles. The van der Waals surface area contributed by atoms with Crippen LogP contribution >= 0.6 is 0 Å². The molecule has 0 aliphatic carbocycles. The molecule has 0 unspecified atom stereocenters. The molecule has 0 saturated heterocycles. The molecule has 0 fully saturated rings. The number of rotatable bonds is 1. The first-order valence-corrected chi connectivity index (χ1v) is 4.50. The van der Waals surface area contributed by atoms with Crippen LogP contribution in [0.25, 0.3) is 0 Å². The second-order valence-electron chi connectivity index (χ2n) is 1.57. The van der Waals surface area contributed by atoms with Crippen molar-refractivity contribution in [1.29, 1.82) is 0 Å². The van der Waals surface area contributed by atoms with Crippen molar-refractivity contribution in [1.82, 2.24) is 0 Å². The Balaban J connectivity index is -0.0000000731. The van der Waals surface area contributed by atoms with Crippen molar-refractivity contribution < 1.29 is 52.7 Å². The number of nitrogens with two attached hydrogens (primary N) is 1. The number of carboxylic acid groups (broad SMARTS) is 3. The summed E-state index contributed by atoms with van der Waals surface area (Å²) in [6, 6.07) is 0. The number of nitrogens with zero attached hydrogens (tertiary/aromatic N) is 1. The third-order valence-corrected chi connectivity index (χ3v) is 0.175. The first-order chi connectivity index (χ1) is 7.73. The molecule has 0 amide bonds. The standard InChI is InChI=1S/C2H5NO2.CH2O3.HNO3.H2O4S/c3-1-2(4)5;2*2-1(3)4;1-5(2,3)4/h1,3H2,(H,4,5);(H2,2,3,4);(H,2,3,4);(H2,1,2,3,4). The summed E-state index contributed by atoms with van der Waals surface area (Å²) < 4.78 is 31.6. The van der Waals surface area contributed by atoms with E-state index in [1.807, 2.05) is 0 Å². The van der Waals surface area contributed by atoms with Crippen LogP contribution in [0.1, 0.15) is 0 Å². The molecular weight excluding hydrogens is 288 g/mol. The van der Waals surface area contributed by atoms with Gasteiger partial charge in [0.05, 0.1) is 6.54 Å². The van der Waals surface area contributed by atoms with Crippen LogP contribution in [0.4, 0.5) is 4.79 Å². The van der Waals surface area contributed by atoms with Crippen LogP contribution in [0.2, 0.25) is 0 Å². The minimum Gasteiger partial charge on any atom is -0.480 e. The Kier molecular flexibility index (Phi) is 20.4. The van der Waals surface area contributed by atoms with Gasteiger partial charge in [0.1, 0.15) is 0 Å². The zero-order chi connectivity index (χ0) is 15.9. The Hall–Kier alpha value is -2.23. The first-order valence-electron chi connectivity index (χ1n) is 3.10. The van der Waals surface area contributed by atoms with E-state index in [9.17, 15) is 4.79 Å². The smallest absolute Gasteiger partial charge is 0.480 e. The van der Waals surface area contributed by atoms with E-state index < -0.39 is 27.6 Å². The normalized spacial score (nSPS) is 7.94. The zero-order valence-corrected chi connectivity index (χ0v) is 9.09. The van der Waals surface area contributed by atoms with Crippen molar-refractivity contribution in [2.75, 3.05) is 6.54 Å². The van der Waals surface area contributed by atoms with Gasteiger partial charge in [-0.1, -0.05) is 0 Å². The summed E-state index contributed by atoms with van der Waals surface area (Å²) in [5.74, 6) is -0.968. The topological polar surface area (TPSA) is 259 Å². The van der Waals surface area contributed by atoms with Crippen molar-refractivity contribution in [3.05, 3.63) is 10.1 Å². The molecule has 14 nitrogen and oxygen atoms in total. The highest BCUT2D eigenvalue weighted by molar-refractivity contribution is 7.79. The van der Waals surface area contributed by atoms with Crippen molar-refractivity contribution in [2.24, 2.45) is 5.73 Å². The van der Waals surface area contributed by atoms with E-state index in [4.69, 9.17) is 53.0 Å². The fourth-order valence-electron chi connectivity index (χ4n) is 0. The molecule has 0 bridgehead atoms. The molecule has 15 heteroatoms. The Morgan fingerprint density at radius 2 is 1.22 bits per heavy atom. The van der Waals surface area contributed by atoms with E-state index in [-0.39, 0.29) is 6.54 Å². The van der Waals surface area contributed by atoms with Gasteiger partial charge in [0.25, 0.3) is 5.09 Å². The summed E-state index contributed by atoms with van der Waals surface area (Å²) in [6.07, 6.45) is -1.83. The second-order valence-corrected chi connectivity index (χ2v) is 2.46. The second kappa shape index (κ2) is 14.8. The number of hydrogen-bond acceptors (Lipinski definition) is 7. The molecule has 0 aliphatic rings. The number of aliphatic carboxylic acids is 1. The minimum absolute atomic E-state index is 0.278. The Morgan fingerprint density at radius 1 is 1.17 bits per heavy atom. The minimum atomic E-state index is -4.67. The Labute approximate surface area is 98.6 Å². The maximum Gasteiger partial charge on any atom is 0.503 e. The Bertz CT molecular complexity index is 305. The predicted molar refractivity (Wildman–Crippen MR) is 50.3 cm³/mol. The van der Waals surface area contributed by atoms with Crippen LogP contribution < -0.4 is 5.73 Å². The number of carbonyl (C=O) groups is 2. The summed E-state index contributed by atoms with van der Waals surface area (Å²) >= 11 is 0. The monoisotopic (exact) mass is 298 g/mol. The molecule has 0 aromatic carbocycles. The van der Waals surface area contributed by atoms with E-state index in [2.05, 4.69) is 5.73 Å². The van der Waals surface area contributed by atoms with Crippen LogP contribution in [-0.2, 0) is 15.2 Å². The molecule has 0 rings (SSSR count). The molecule has 0 atom stereocenters. The molecule has 0 aromatic heterocycles. The lowest BCUT2D eigenvalue weighted by molar-refractivity contribution is -0.742. The molecular formula is C3H10N2O12S. The van der Waals surface area contributed by atoms with Crippen LogP contribution in [0, 0.1) is 10.1 Å². The fourth-order valence-corrected chi connectivity index (χ4v) is 0. The molecule has 0 radical (unpaired) electrons. The molecule has 0 spiro atoms. The van der Waals surface area contributed by atoms with E-state index in [1.165, 1.54) is 0 Å². The lowest BCUT2D eigenvalue weighted by Gasteiger charge is -1.73. The van der Waals surface area contributed by atoms with Crippen molar-refractivity contribution in [3.8, 4) is 0 Å². The fraction of sp³-hybridized carbons (Fsp3) is 0.333. The van der Waals surface area contributed by atoms with Crippen LogP contribution in [-0.4, -0.2) is 61.8 Å². The van der Waals surface area contributed by atoms with Gasteiger partial charge in [-0.2, -0.15) is 8.42 Å². The van der Waals surface area contributed by atoms with Gasteiger partial charge in [-0.05, 0) is 0 Å². The third-order valence-electron chi connectivity index (χ3n) is 0.175. The summed E-state index contributed by atoms with van der Waals surface area (Å²) in [5.41, 5.74) is 4.57. The lowest BCUT2D eigenvalue weighted by Crippen LogP contribution is -2.10. The van der Waals surface area contributed by atoms with E-state index in [0.717, 1.165) is 0 Å². The third kappa shape index (κ3) is 42400. The van der Waals surface area contributed by atoms with Gasteiger partial charge in [-0.3, -0.25) is 13.9 Å². The highest BCUT2D eigenvalue weighted by atomic mass is 32.3. The number of hydrogen-bond donors (Lipinski definition) is 7. The van der Waals surface area contributed by atoms with Crippen LogP contribution in [0.15, 0.2) is 0 Å². The molecule has 0 saturated carbocycles. The van der Waals surface area contributed by atoms with Crippen molar-refractivity contribution >= 4 is 22.5 Å². The quantitative estimate of drug-likeness (QED) is 0.161. The highest BCUT2D eigenvalue weighted by Crippen LogP contribution is 1.59. The average molecular weight is 298 g/mol. The SMILES string of the molecule is NCC(=O)O.O=C(O)O.O=S(=O)(O)O.O=[N+]([O-])O. The molecule has 8 N–H and O–H groups in total. The largest absolute Gasteiger partial charge is 0.503 e. The molecule has 0 heterocycles. The average Bonchev–Trinajstić information content (AvgIpc) is 1.98. The van der Waals surface area contributed by atoms with Gasteiger partial charge in [0, 0.05) is 0 Å². The highest BCUT2D eigenvalue weighted by Gasteiger charge is 1.84. The zero-order valence-electron chi connectivity index (χ0n) is 8.27. The maximum absolute atomic E-state index is 9.24. The first kappa shape index (κ1) is 24.8. The molecule has 18 heavy (non-hydrogen) atoms. The summed E-state index contributed by atoms with van der Waals surface area (Å²) in [6.45, 7) is -0.278. The van der Waals surface area contributed by atoms with E-state index in [1.54, 1.807) is 0 Å². The van der Waals surface area contributed by atoms with Gasteiger partial charge >= 0.3 is 22.5 Å². The summed E-state index contributed by atoms with van der Waals surface area (Å²) in [4.78, 5) is 26.2. The van der Waals surface area contributed by atoms with E-state index >= 15 is 0 Å². The van der Waals surface area contributed by atoms with Gasteiger partial charge < -0.3 is 26.3 Å². The summed E-state index contributed by atoms with van der Waals surface area (Å²) in [5, 5.41) is 35.2. The van der Waals surface area contributed by atoms with E-state index in [0.29, 0.717) is 0 Å². The molecule has 0 aromatic rings. The Morgan fingerprint density at radius 3 is 1.22 bits per heavy atom. The van der Waals surface area contributed by atoms with Crippen molar-refractivity contribution in [2.45, 2.75) is 0 Å². The van der Waals surface area contributed by atoms with Gasteiger partial charge in [-0.15, -0.1) is 10.1 Å². The number of carboxylic acids is 1. The molecule has 110 valence electrons.